The van der Waals surface area contributed by atoms with E-state index in [0.717, 1.165) is 36.2 Å². The first-order valence-electron chi connectivity index (χ1n) is 12.4. The summed E-state index contributed by atoms with van der Waals surface area (Å²) in [6.07, 6.45) is 6.14. The Morgan fingerprint density at radius 3 is 2.28 bits per heavy atom. The number of carbonyl (C=O) groups excluding carboxylic acids is 3. The Morgan fingerprint density at radius 1 is 1.03 bits per heavy atom. The van der Waals surface area contributed by atoms with Crippen molar-refractivity contribution in [3.05, 3.63) is 65.2 Å². The minimum Gasteiger partial charge on any atom is -0.388 e. The third-order valence-corrected chi connectivity index (χ3v) is 6.12. The van der Waals surface area contributed by atoms with Gasteiger partial charge in [0.25, 0.3) is 5.91 Å². The summed E-state index contributed by atoms with van der Waals surface area (Å²) in [6, 6.07) is 13.6. The van der Waals surface area contributed by atoms with Gasteiger partial charge in [0, 0.05) is 41.4 Å². The molecule has 6 N–H and O–H groups in total. The zero-order valence-corrected chi connectivity index (χ0v) is 20.4. The van der Waals surface area contributed by atoms with Crippen LogP contribution < -0.4 is 21.7 Å². The van der Waals surface area contributed by atoms with E-state index in [9.17, 15) is 14.4 Å². The number of nitrogens with two attached hydrogens (primary N) is 1. The molecule has 36 heavy (non-hydrogen) atoms. The van der Waals surface area contributed by atoms with E-state index in [1.807, 2.05) is 24.3 Å². The normalized spacial score (nSPS) is 15.8. The fraction of sp³-hybridized carbons (Fsp3) is 0.393. The second-order valence-electron chi connectivity index (χ2n) is 8.88. The summed E-state index contributed by atoms with van der Waals surface area (Å²) >= 11 is 0. The summed E-state index contributed by atoms with van der Waals surface area (Å²) in [5, 5.41) is 17.9. The number of ketones is 1. The number of amides is 2. The van der Waals surface area contributed by atoms with Crippen LogP contribution in [-0.2, 0) is 9.59 Å². The van der Waals surface area contributed by atoms with E-state index in [0.29, 0.717) is 18.0 Å². The van der Waals surface area contributed by atoms with Crippen LogP contribution in [0.3, 0.4) is 0 Å². The zero-order chi connectivity index (χ0) is 25.8. The Hall–Kier alpha value is -3.51. The van der Waals surface area contributed by atoms with Gasteiger partial charge in [0.2, 0.25) is 5.91 Å². The summed E-state index contributed by atoms with van der Waals surface area (Å²) in [7, 11) is 0. The standard InChI is InChI=1S/C28H34N4O4/c29-18-25(26(34)19-33)32-28(36)22-13-9-20(10-14-22)7-8-21-11-15-24(16-12-21)31-27(35)6-3-5-23-4-1-2-17-30-23/h9-16,23,25,30,33H,1-6,17-19,29H2,(H,31,35)(H,32,36)/t23?,25-/m0/s1. The van der Waals surface area contributed by atoms with Crippen LogP contribution in [0.4, 0.5) is 5.69 Å². The third kappa shape index (κ3) is 8.61. The molecule has 0 bridgehead atoms. The molecule has 2 amide bonds. The molecule has 0 spiro atoms. The molecular formula is C28H34N4O4. The summed E-state index contributed by atoms with van der Waals surface area (Å²) in [5.74, 6) is 5.14. The molecule has 2 aromatic rings. The first kappa shape index (κ1) is 27.1. The maximum atomic E-state index is 12.3. The fourth-order valence-electron chi connectivity index (χ4n) is 4.01. The molecular weight excluding hydrogens is 456 g/mol. The van der Waals surface area contributed by atoms with E-state index >= 15 is 0 Å². The summed E-state index contributed by atoms with van der Waals surface area (Å²) in [4.78, 5) is 36.1. The Balaban J connectivity index is 1.47. The summed E-state index contributed by atoms with van der Waals surface area (Å²) in [6.45, 7) is 0.317. The van der Waals surface area contributed by atoms with E-state index in [4.69, 9.17) is 10.8 Å². The Labute approximate surface area is 212 Å². The van der Waals surface area contributed by atoms with E-state index in [-0.39, 0.29) is 12.5 Å². The molecule has 1 heterocycles. The van der Waals surface area contributed by atoms with Crippen molar-refractivity contribution in [2.75, 3.05) is 25.0 Å². The van der Waals surface area contributed by atoms with Gasteiger partial charge in [-0.3, -0.25) is 14.4 Å². The molecule has 0 aromatic heterocycles. The molecule has 8 nitrogen and oxygen atoms in total. The molecule has 0 aliphatic carbocycles. The lowest BCUT2D eigenvalue weighted by Gasteiger charge is -2.23. The van der Waals surface area contributed by atoms with Gasteiger partial charge in [0.1, 0.15) is 12.6 Å². The third-order valence-electron chi connectivity index (χ3n) is 6.12. The Bertz CT molecular complexity index is 1080. The van der Waals surface area contributed by atoms with E-state index in [2.05, 4.69) is 27.8 Å². The van der Waals surface area contributed by atoms with Crippen LogP contribution in [0.5, 0.6) is 0 Å². The van der Waals surface area contributed by atoms with Gasteiger partial charge in [-0.05, 0) is 80.8 Å². The molecule has 1 fully saturated rings. The highest BCUT2D eigenvalue weighted by molar-refractivity contribution is 5.98. The van der Waals surface area contributed by atoms with Gasteiger partial charge in [0.05, 0.1) is 0 Å². The predicted octanol–water partition coefficient (Wildman–Crippen LogP) is 1.96. The van der Waals surface area contributed by atoms with Crippen LogP contribution in [-0.4, -0.2) is 54.5 Å². The van der Waals surface area contributed by atoms with Crippen molar-refractivity contribution in [3.8, 4) is 11.8 Å². The number of aliphatic hydroxyl groups is 1. The van der Waals surface area contributed by atoms with E-state index < -0.39 is 24.3 Å². The second kappa shape index (κ2) is 14.1. The average Bonchev–Trinajstić information content (AvgIpc) is 2.91. The van der Waals surface area contributed by atoms with Gasteiger partial charge in [-0.15, -0.1) is 0 Å². The molecule has 190 valence electrons. The summed E-state index contributed by atoms with van der Waals surface area (Å²) < 4.78 is 0. The van der Waals surface area contributed by atoms with Crippen molar-refractivity contribution < 1.29 is 19.5 Å². The van der Waals surface area contributed by atoms with Crippen LogP contribution in [0.25, 0.3) is 0 Å². The lowest BCUT2D eigenvalue weighted by molar-refractivity contribution is -0.123. The van der Waals surface area contributed by atoms with Gasteiger partial charge in [-0.25, -0.2) is 0 Å². The van der Waals surface area contributed by atoms with Gasteiger partial charge >= 0.3 is 0 Å². The van der Waals surface area contributed by atoms with Crippen LogP contribution in [0.2, 0.25) is 0 Å². The number of Topliss-reactive ketones (excluding diaryl/α,β-unsaturated/α-hetero) is 1. The van der Waals surface area contributed by atoms with Crippen molar-refractivity contribution in [2.45, 2.75) is 50.6 Å². The number of benzene rings is 2. The minimum absolute atomic E-state index is 0.0206. The molecule has 0 saturated carbocycles. The van der Waals surface area contributed by atoms with Crippen molar-refractivity contribution >= 4 is 23.3 Å². The molecule has 1 saturated heterocycles. The van der Waals surface area contributed by atoms with Crippen molar-refractivity contribution in [3.63, 3.8) is 0 Å². The molecule has 3 rings (SSSR count). The molecule has 8 heteroatoms. The fourth-order valence-corrected chi connectivity index (χ4v) is 4.01. The van der Waals surface area contributed by atoms with Crippen molar-refractivity contribution in [2.24, 2.45) is 5.73 Å². The van der Waals surface area contributed by atoms with Gasteiger partial charge in [-0.1, -0.05) is 18.3 Å². The second-order valence-corrected chi connectivity index (χ2v) is 8.88. The number of anilines is 1. The van der Waals surface area contributed by atoms with Crippen LogP contribution in [0, 0.1) is 11.8 Å². The zero-order valence-electron chi connectivity index (χ0n) is 20.4. The highest BCUT2D eigenvalue weighted by Crippen LogP contribution is 2.14. The average molecular weight is 491 g/mol. The highest BCUT2D eigenvalue weighted by Gasteiger charge is 2.19. The Morgan fingerprint density at radius 2 is 1.69 bits per heavy atom. The van der Waals surface area contributed by atoms with Crippen molar-refractivity contribution in [1.82, 2.24) is 10.6 Å². The lowest BCUT2D eigenvalue weighted by Crippen LogP contribution is -2.46. The Kier molecular flexibility index (Phi) is 10.6. The van der Waals surface area contributed by atoms with Crippen LogP contribution in [0.15, 0.2) is 48.5 Å². The molecule has 1 aliphatic rings. The number of aliphatic hydroxyl groups excluding tert-OH is 1. The number of piperidine rings is 1. The quantitative estimate of drug-likeness (QED) is 0.323. The molecule has 1 unspecified atom stereocenters. The number of carbonyl (C=O) groups is 3. The monoisotopic (exact) mass is 490 g/mol. The summed E-state index contributed by atoms with van der Waals surface area (Å²) in [5.41, 5.74) is 8.11. The molecule has 0 radical (unpaired) electrons. The van der Waals surface area contributed by atoms with Crippen LogP contribution >= 0.6 is 0 Å². The molecule has 2 atom stereocenters. The predicted molar refractivity (Wildman–Crippen MR) is 139 cm³/mol. The van der Waals surface area contributed by atoms with Gasteiger partial charge in [-0.2, -0.15) is 0 Å². The smallest absolute Gasteiger partial charge is 0.251 e. The molecule has 1 aliphatic heterocycles. The maximum Gasteiger partial charge on any atom is 0.251 e. The largest absolute Gasteiger partial charge is 0.388 e. The lowest BCUT2D eigenvalue weighted by atomic mass is 9.99. The highest BCUT2D eigenvalue weighted by atomic mass is 16.3. The van der Waals surface area contributed by atoms with Crippen molar-refractivity contribution in [1.29, 1.82) is 0 Å². The first-order chi connectivity index (χ1) is 17.5. The first-order valence-corrected chi connectivity index (χ1v) is 12.4. The van der Waals surface area contributed by atoms with E-state index in [1.165, 1.54) is 19.3 Å². The number of hydrogen-bond donors (Lipinski definition) is 5. The maximum absolute atomic E-state index is 12.3. The topological polar surface area (TPSA) is 134 Å². The number of rotatable bonds is 10. The van der Waals surface area contributed by atoms with Gasteiger partial charge < -0.3 is 26.8 Å². The van der Waals surface area contributed by atoms with Gasteiger partial charge in [0.15, 0.2) is 5.78 Å². The minimum atomic E-state index is -0.923. The SMILES string of the molecule is NC[C@H](NC(=O)c1ccc(C#Cc2ccc(NC(=O)CCCC3CCCCN3)cc2)cc1)C(=O)CO. The molecule has 2 aromatic carbocycles. The number of nitrogens with one attached hydrogen (secondary N) is 3. The van der Waals surface area contributed by atoms with E-state index in [1.54, 1.807) is 24.3 Å². The number of hydrogen-bond acceptors (Lipinski definition) is 6. The van der Waals surface area contributed by atoms with Crippen LogP contribution in [0.1, 0.15) is 60.0 Å².